The fraction of sp³-hybridized carbons (Fsp3) is 0.182. The van der Waals surface area contributed by atoms with Crippen molar-refractivity contribution in [3.05, 3.63) is 77.9 Å². The lowest BCUT2D eigenvalue weighted by Crippen LogP contribution is -2.14. The van der Waals surface area contributed by atoms with Gasteiger partial charge in [0.2, 0.25) is 0 Å². The van der Waals surface area contributed by atoms with E-state index in [0.29, 0.717) is 23.7 Å². The van der Waals surface area contributed by atoms with Crippen molar-refractivity contribution in [3.8, 4) is 11.5 Å². The minimum atomic E-state index is -0.415. The molecular weight excluding hydrogens is 373 g/mol. The Morgan fingerprint density at radius 2 is 1.83 bits per heavy atom. The quantitative estimate of drug-likeness (QED) is 0.600. The first-order chi connectivity index (χ1) is 14.1. The number of carbonyl (C=O) groups is 1. The number of hydrogen-bond acceptors (Lipinski definition) is 5. The van der Waals surface area contributed by atoms with Crippen LogP contribution < -0.4 is 20.1 Å². The van der Waals surface area contributed by atoms with E-state index in [9.17, 15) is 9.18 Å². The molecule has 29 heavy (non-hydrogen) atoms. The summed E-state index contributed by atoms with van der Waals surface area (Å²) >= 11 is 0. The molecule has 0 bridgehead atoms. The highest BCUT2D eigenvalue weighted by molar-refractivity contribution is 6.03. The first-order valence-electron chi connectivity index (χ1n) is 9.07. The second-order valence-electron chi connectivity index (χ2n) is 6.26. The van der Waals surface area contributed by atoms with Gasteiger partial charge in [-0.05, 0) is 54.4 Å². The van der Waals surface area contributed by atoms with E-state index < -0.39 is 11.7 Å². The summed E-state index contributed by atoms with van der Waals surface area (Å²) in [5.41, 5.74) is 2.48. The second-order valence-corrected chi connectivity index (χ2v) is 6.26. The minimum Gasteiger partial charge on any atom is -0.493 e. The molecule has 0 radical (unpaired) electrons. The molecule has 1 aromatic heterocycles. The lowest BCUT2D eigenvalue weighted by atomic mass is 10.1. The van der Waals surface area contributed by atoms with Crippen LogP contribution >= 0.6 is 0 Å². The van der Waals surface area contributed by atoms with Gasteiger partial charge in [0.25, 0.3) is 5.91 Å². The van der Waals surface area contributed by atoms with Crippen molar-refractivity contribution in [2.45, 2.75) is 6.42 Å². The number of rotatable bonds is 8. The number of benzene rings is 2. The fourth-order valence-corrected chi connectivity index (χ4v) is 2.81. The van der Waals surface area contributed by atoms with E-state index in [1.165, 1.54) is 18.2 Å². The van der Waals surface area contributed by atoms with Gasteiger partial charge in [-0.1, -0.05) is 12.1 Å². The summed E-state index contributed by atoms with van der Waals surface area (Å²) in [5, 5.41) is 5.91. The van der Waals surface area contributed by atoms with Crippen LogP contribution in [0.5, 0.6) is 11.5 Å². The van der Waals surface area contributed by atoms with Crippen LogP contribution in [0, 0.1) is 5.82 Å². The topological polar surface area (TPSA) is 72.5 Å². The molecule has 0 atom stereocenters. The number of hydrogen-bond donors (Lipinski definition) is 2. The average molecular weight is 395 g/mol. The number of aromatic nitrogens is 1. The third-order valence-corrected chi connectivity index (χ3v) is 4.27. The molecule has 0 spiro atoms. The summed E-state index contributed by atoms with van der Waals surface area (Å²) in [5.74, 6) is 0.554. The molecule has 0 saturated carbocycles. The van der Waals surface area contributed by atoms with Crippen molar-refractivity contribution in [2.75, 3.05) is 31.4 Å². The molecule has 1 heterocycles. The monoisotopic (exact) mass is 395 g/mol. The molecule has 3 aromatic rings. The predicted octanol–water partition coefficient (Wildman–Crippen LogP) is 4.14. The number of nitrogens with one attached hydrogen (secondary N) is 2. The Morgan fingerprint density at radius 3 is 2.59 bits per heavy atom. The van der Waals surface area contributed by atoms with Crippen molar-refractivity contribution >= 4 is 17.3 Å². The molecule has 150 valence electrons. The zero-order valence-electron chi connectivity index (χ0n) is 16.2. The number of ether oxygens (including phenoxy) is 2. The van der Waals surface area contributed by atoms with Crippen LogP contribution in [0.25, 0.3) is 0 Å². The summed E-state index contributed by atoms with van der Waals surface area (Å²) in [6.45, 7) is 0.657. The standard InChI is InChI=1S/C22H22FN3O3/c1-28-20-7-6-15(12-21(20)29-2)8-10-24-17-9-11-25-19(14-17)22(27)26-18-5-3-4-16(23)13-18/h3-7,9,11-14H,8,10H2,1-2H3,(H,24,25)(H,26,27). The van der Waals surface area contributed by atoms with Crippen molar-refractivity contribution in [3.63, 3.8) is 0 Å². The highest BCUT2D eigenvalue weighted by atomic mass is 19.1. The van der Waals surface area contributed by atoms with Gasteiger partial charge in [0.15, 0.2) is 11.5 Å². The van der Waals surface area contributed by atoms with Gasteiger partial charge in [-0.25, -0.2) is 4.39 Å². The minimum absolute atomic E-state index is 0.241. The molecule has 1 amide bonds. The van der Waals surface area contributed by atoms with Crippen molar-refractivity contribution in [2.24, 2.45) is 0 Å². The van der Waals surface area contributed by atoms with E-state index in [1.807, 2.05) is 18.2 Å². The van der Waals surface area contributed by atoms with Crippen molar-refractivity contribution in [1.29, 1.82) is 0 Å². The van der Waals surface area contributed by atoms with Gasteiger partial charge in [0.05, 0.1) is 14.2 Å². The van der Waals surface area contributed by atoms with Gasteiger partial charge in [0, 0.05) is 24.1 Å². The molecule has 0 fully saturated rings. The smallest absolute Gasteiger partial charge is 0.274 e. The third kappa shape index (κ3) is 5.44. The lowest BCUT2D eigenvalue weighted by Gasteiger charge is -2.11. The van der Waals surface area contributed by atoms with Gasteiger partial charge in [-0.2, -0.15) is 0 Å². The molecule has 0 aliphatic carbocycles. The van der Waals surface area contributed by atoms with Crippen LogP contribution in [0.3, 0.4) is 0 Å². The van der Waals surface area contributed by atoms with Gasteiger partial charge < -0.3 is 20.1 Å². The molecule has 7 heteroatoms. The third-order valence-electron chi connectivity index (χ3n) is 4.27. The first kappa shape index (κ1) is 20.1. The number of amides is 1. The molecule has 2 aromatic carbocycles. The van der Waals surface area contributed by atoms with Gasteiger partial charge in [-0.15, -0.1) is 0 Å². The number of methoxy groups -OCH3 is 2. The number of carbonyl (C=O) groups excluding carboxylic acids is 1. The molecule has 2 N–H and O–H groups in total. The Bertz CT molecular complexity index is 995. The molecule has 3 rings (SSSR count). The Morgan fingerprint density at radius 1 is 1.00 bits per heavy atom. The summed E-state index contributed by atoms with van der Waals surface area (Å²) in [6.07, 6.45) is 2.31. The Kier molecular flexibility index (Phi) is 6.63. The number of pyridine rings is 1. The van der Waals surface area contributed by atoms with Crippen LogP contribution in [-0.4, -0.2) is 31.7 Å². The maximum atomic E-state index is 13.3. The van der Waals surface area contributed by atoms with Crippen molar-refractivity contribution in [1.82, 2.24) is 4.98 Å². The number of anilines is 2. The normalized spacial score (nSPS) is 10.3. The van der Waals surface area contributed by atoms with Crippen LogP contribution in [0.15, 0.2) is 60.8 Å². The summed E-state index contributed by atoms with van der Waals surface area (Å²) < 4.78 is 23.8. The molecule has 0 aliphatic rings. The highest BCUT2D eigenvalue weighted by Gasteiger charge is 2.09. The van der Waals surface area contributed by atoms with E-state index in [-0.39, 0.29) is 5.69 Å². The molecule has 6 nitrogen and oxygen atoms in total. The van der Waals surface area contributed by atoms with E-state index in [0.717, 1.165) is 17.7 Å². The van der Waals surface area contributed by atoms with Crippen molar-refractivity contribution < 1.29 is 18.7 Å². The maximum Gasteiger partial charge on any atom is 0.274 e. The second kappa shape index (κ2) is 9.54. The zero-order valence-corrected chi connectivity index (χ0v) is 16.2. The highest BCUT2D eigenvalue weighted by Crippen LogP contribution is 2.27. The Balaban J connectivity index is 1.59. The summed E-state index contributed by atoms with van der Waals surface area (Å²) in [6, 6.07) is 14.9. The fourth-order valence-electron chi connectivity index (χ4n) is 2.81. The maximum absolute atomic E-state index is 13.3. The van der Waals surface area contributed by atoms with E-state index in [4.69, 9.17) is 9.47 Å². The van der Waals surface area contributed by atoms with Crippen LogP contribution in [-0.2, 0) is 6.42 Å². The first-order valence-corrected chi connectivity index (χ1v) is 9.07. The number of halogens is 1. The van der Waals surface area contributed by atoms with Gasteiger partial charge in [0.1, 0.15) is 11.5 Å². The summed E-state index contributed by atoms with van der Waals surface area (Å²) in [7, 11) is 3.21. The molecule has 0 saturated heterocycles. The molecular formula is C22H22FN3O3. The van der Waals surface area contributed by atoms with Gasteiger partial charge in [-0.3, -0.25) is 9.78 Å². The molecule has 0 aliphatic heterocycles. The number of nitrogens with zero attached hydrogens (tertiary/aromatic N) is 1. The Hall–Kier alpha value is -3.61. The van der Waals surface area contributed by atoms with Crippen LogP contribution in [0.2, 0.25) is 0 Å². The predicted molar refractivity (Wildman–Crippen MR) is 110 cm³/mol. The lowest BCUT2D eigenvalue weighted by molar-refractivity contribution is 0.102. The van der Waals surface area contributed by atoms with E-state index in [2.05, 4.69) is 15.6 Å². The van der Waals surface area contributed by atoms with Crippen LogP contribution in [0.1, 0.15) is 16.1 Å². The summed E-state index contributed by atoms with van der Waals surface area (Å²) in [4.78, 5) is 16.4. The largest absolute Gasteiger partial charge is 0.493 e. The Labute approximate surface area is 168 Å². The molecule has 0 unspecified atom stereocenters. The van der Waals surface area contributed by atoms with Gasteiger partial charge >= 0.3 is 0 Å². The zero-order chi connectivity index (χ0) is 20.6. The van der Waals surface area contributed by atoms with E-state index >= 15 is 0 Å². The van der Waals surface area contributed by atoms with Crippen LogP contribution in [0.4, 0.5) is 15.8 Å². The SMILES string of the molecule is COc1ccc(CCNc2ccnc(C(=O)Nc3cccc(F)c3)c2)cc1OC. The average Bonchev–Trinajstić information content (AvgIpc) is 2.74. The van der Waals surface area contributed by atoms with E-state index in [1.54, 1.807) is 38.6 Å².